The Morgan fingerprint density at radius 2 is 2.14 bits per heavy atom. The Morgan fingerprint density at radius 3 is 2.82 bits per heavy atom. The van der Waals surface area contributed by atoms with E-state index in [1.54, 1.807) is 7.11 Å². The van der Waals surface area contributed by atoms with E-state index in [0.717, 1.165) is 44.0 Å². The van der Waals surface area contributed by atoms with Crippen LogP contribution >= 0.6 is 0 Å². The minimum Gasteiger partial charge on any atom is -0.398 e. The number of ether oxygens (including phenoxy) is 2. The molecule has 1 aromatic rings. The second kappa shape index (κ2) is 8.12. The van der Waals surface area contributed by atoms with E-state index in [-0.39, 0.29) is 5.91 Å². The quantitative estimate of drug-likeness (QED) is 0.600. The van der Waals surface area contributed by atoms with Crippen LogP contribution in [0.2, 0.25) is 0 Å². The summed E-state index contributed by atoms with van der Waals surface area (Å²) in [6.45, 7) is 7.15. The lowest BCUT2D eigenvalue weighted by Gasteiger charge is -2.27. The normalized spacial score (nSPS) is 15.7. The fraction of sp³-hybridized carbons (Fsp3) is 0.562. The highest BCUT2D eigenvalue weighted by molar-refractivity contribution is 5.99. The van der Waals surface area contributed by atoms with E-state index in [4.69, 9.17) is 15.2 Å². The topological polar surface area (TPSA) is 76.8 Å². The number of nitrogens with zero attached hydrogens (tertiary/aromatic N) is 1. The summed E-state index contributed by atoms with van der Waals surface area (Å²) in [6, 6.07) is 3.78. The van der Waals surface area contributed by atoms with Crippen molar-refractivity contribution in [1.82, 2.24) is 10.2 Å². The van der Waals surface area contributed by atoms with Crippen molar-refractivity contribution in [3.8, 4) is 0 Å². The minimum atomic E-state index is -0.155. The molecular formula is C16H25N3O3. The van der Waals surface area contributed by atoms with Gasteiger partial charge in [0.1, 0.15) is 0 Å². The van der Waals surface area contributed by atoms with Crippen molar-refractivity contribution in [3.63, 3.8) is 0 Å². The van der Waals surface area contributed by atoms with Gasteiger partial charge < -0.3 is 20.5 Å². The number of nitrogen functional groups attached to an aromatic ring is 1. The predicted molar refractivity (Wildman–Crippen MR) is 85.9 cm³/mol. The number of hydrogen-bond acceptors (Lipinski definition) is 5. The number of nitrogens with one attached hydrogen (secondary N) is 1. The maximum atomic E-state index is 12.2. The molecule has 1 heterocycles. The number of aryl methyl sites for hydroxylation is 1. The average Bonchev–Trinajstić information content (AvgIpc) is 2.51. The fourth-order valence-electron chi connectivity index (χ4n) is 2.50. The maximum absolute atomic E-state index is 12.2. The third-order valence-corrected chi connectivity index (χ3v) is 3.84. The Bertz CT molecular complexity index is 514. The van der Waals surface area contributed by atoms with Crippen LogP contribution in [0.25, 0.3) is 0 Å². The van der Waals surface area contributed by atoms with Crippen LogP contribution in [-0.4, -0.2) is 57.4 Å². The Hall–Kier alpha value is -1.63. The third-order valence-electron chi connectivity index (χ3n) is 3.84. The predicted octanol–water partition coefficient (Wildman–Crippen LogP) is 0.786. The summed E-state index contributed by atoms with van der Waals surface area (Å²) >= 11 is 0. The zero-order valence-electron chi connectivity index (χ0n) is 13.4. The van der Waals surface area contributed by atoms with Gasteiger partial charge >= 0.3 is 0 Å². The van der Waals surface area contributed by atoms with Crippen LogP contribution in [0.15, 0.2) is 12.1 Å². The first-order chi connectivity index (χ1) is 10.6. The molecule has 1 aliphatic rings. The molecule has 1 fully saturated rings. The second-order valence-corrected chi connectivity index (χ2v) is 5.50. The Labute approximate surface area is 131 Å². The molecule has 1 aliphatic heterocycles. The summed E-state index contributed by atoms with van der Waals surface area (Å²) < 4.78 is 10.3. The van der Waals surface area contributed by atoms with Crippen molar-refractivity contribution >= 4 is 11.6 Å². The molecule has 1 saturated heterocycles. The van der Waals surface area contributed by atoms with Gasteiger partial charge in [-0.25, -0.2) is 0 Å². The number of nitrogens with two attached hydrogens (primary N) is 1. The molecule has 0 radical (unpaired) electrons. The molecule has 3 N–H and O–H groups in total. The lowest BCUT2D eigenvalue weighted by atomic mass is 10.0. The number of anilines is 1. The molecule has 0 spiro atoms. The molecule has 22 heavy (non-hydrogen) atoms. The fourth-order valence-corrected chi connectivity index (χ4v) is 2.50. The van der Waals surface area contributed by atoms with Gasteiger partial charge in [-0.15, -0.1) is 0 Å². The summed E-state index contributed by atoms with van der Waals surface area (Å²) in [7, 11) is 1.60. The summed E-state index contributed by atoms with van der Waals surface area (Å²) in [6.07, 6.45) is 0. The van der Waals surface area contributed by atoms with Crippen LogP contribution in [0.3, 0.4) is 0 Å². The molecule has 6 heteroatoms. The summed E-state index contributed by atoms with van der Waals surface area (Å²) in [4.78, 5) is 14.5. The SMILES string of the molecule is COCCNC(=O)c1cc(CN2CCOCC2)c(C)cc1N. The number of rotatable bonds is 6. The van der Waals surface area contributed by atoms with Crippen LogP contribution in [0, 0.1) is 6.92 Å². The maximum Gasteiger partial charge on any atom is 0.253 e. The number of hydrogen-bond donors (Lipinski definition) is 2. The van der Waals surface area contributed by atoms with Gasteiger partial charge in [0.15, 0.2) is 0 Å². The molecule has 2 rings (SSSR count). The molecular weight excluding hydrogens is 282 g/mol. The molecule has 0 atom stereocenters. The van der Waals surface area contributed by atoms with E-state index in [0.29, 0.717) is 24.4 Å². The average molecular weight is 307 g/mol. The number of methoxy groups -OCH3 is 1. The Balaban J connectivity index is 2.09. The van der Waals surface area contributed by atoms with E-state index >= 15 is 0 Å². The molecule has 0 saturated carbocycles. The van der Waals surface area contributed by atoms with Crippen LogP contribution < -0.4 is 11.1 Å². The summed E-state index contributed by atoms with van der Waals surface area (Å²) in [5.74, 6) is -0.155. The molecule has 1 aromatic carbocycles. The molecule has 1 amide bonds. The smallest absolute Gasteiger partial charge is 0.253 e. The van der Waals surface area contributed by atoms with Gasteiger partial charge in [-0.3, -0.25) is 9.69 Å². The largest absolute Gasteiger partial charge is 0.398 e. The molecule has 0 aromatic heterocycles. The number of morpholine rings is 1. The van der Waals surface area contributed by atoms with Gasteiger partial charge in [0, 0.05) is 39.0 Å². The first kappa shape index (κ1) is 16.7. The van der Waals surface area contributed by atoms with Crippen molar-refractivity contribution in [3.05, 3.63) is 28.8 Å². The molecule has 122 valence electrons. The zero-order valence-corrected chi connectivity index (χ0v) is 13.4. The molecule has 0 unspecified atom stereocenters. The van der Waals surface area contributed by atoms with E-state index in [1.807, 2.05) is 19.1 Å². The van der Waals surface area contributed by atoms with Crippen LogP contribution in [0.5, 0.6) is 0 Å². The zero-order chi connectivity index (χ0) is 15.9. The van der Waals surface area contributed by atoms with Crippen molar-refractivity contribution in [2.75, 3.05) is 52.3 Å². The minimum absolute atomic E-state index is 0.155. The van der Waals surface area contributed by atoms with E-state index in [1.165, 1.54) is 0 Å². The molecule has 0 aliphatic carbocycles. The third kappa shape index (κ3) is 4.43. The van der Waals surface area contributed by atoms with Crippen molar-refractivity contribution in [1.29, 1.82) is 0 Å². The lowest BCUT2D eigenvalue weighted by Crippen LogP contribution is -2.36. The van der Waals surface area contributed by atoms with E-state index in [9.17, 15) is 4.79 Å². The number of carbonyl (C=O) groups excluding carboxylic acids is 1. The van der Waals surface area contributed by atoms with Crippen LogP contribution in [0.4, 0.5) is 5.69 Å². The van der Waals surface area contributed by atoms with Crippen LogP contribution in [0.1, 0.15) is 21.5 Å². The number of amides is 1. The van der Waals surface area contributed by atoms with Gasteiger partial charge in [0.05, 0.1) is 25.4 Å². The number of benzene rings is 1. The molecule has 6 nitrogen and oxygen atoms in total. The number of carbonyl (C=O) groups is 1. The Morgan fingerprint density at radius 1 is 1.41 bits per heavy atom. The second-order valence-electron chi connectivity index (χ2n) is 5.50. The highest BCUT2D eigenvalue weighted by atomic mass is 16.5. The first-order valence-electron chi connectivity index (χ1n) is 7.58. The van der Waals surface area contributed by atoms with Crippen LogP contribution in [-0.2, 0) is 16.0 Å². The first-order valence-corrected chi connectivity index (χ1v) is 7.58. The highest BCUT2D eigenvalue weighted by Gasteiger charge is 2.16. The van der Waals surface area contributed by atoms with Gasteiger partial charge in [-0.2, -0.15) is 0 Å². The molecule has 0 bridgehead atoms. The standard InChI is InChI=1S/C16H25N3O3/c1-12-9-15(17)14(16(20)18-3-6-21-2)10-13(12)11-19-4-7-22-8-5-19/h9-10H,3-8,11,17H2,1-2H3,(H,18,20). The lowest BCUT2D eigenvalue weighted by molar-refractivity contribution is 0.0341. The van der Waals surface area contributed by atoms with E-state index < -0.39 is 0 Å². The van der Waals surface area contributed by atoms with Gasteiger partial charge in [-0.05, 0) is 30.2 Å². The summed E-state index contributed by atoms with van der Waals surface area (Å²) in [5.41, 5.74) is 9.29. The van der Waals surface area contributed by atoms with Crippen molar-refractivity contribution in [2.45, 2.75) is 13.5 Å². The monoisotopic (exact) mass is 307 g/mol. The van der Waals surface area contributed by atoms with Crippen molar-refractivity contribution in [2.24, 2.45) is 0 Å². The van der Waals surface area contributed by atoms with Gasteiger partial charge in [0.2, 0.25) is 0 Å². The highest BCUT2D eigenvalue weighted by Crippen LogP contribution is 2.20. The van der Waals surface area contributed by atoms with Crippen molar-refractivity contribution < 1.29 is 14.3 Å². The van der Waals surface area contributed by atoms with Gasteiger partial charge in [0.25, 0.3) is 5.91 Å². The van der Waals surface area contributed by atoms with Gasteiger partial charge in [-0.1, -0.05) is 0 Å². The summed E-state index contributed by atoms with van der Waals surface area (Å²) in [5, 5.41) is 2.81. The van der Waals surface area contributed by atoms with E-state index in [2.05, 4.69) is 10.2 Å². The Kier molecular flexibility index (Phi) is 6.18.